The summed E-state index contributed by atoms with van der Waals surface area (Å²) < 4.78 is 0. The molecule has 31 heavy (non-hydrogen) atoms. The maximum absolute atomic E-state index is 12.6. The third kappa shape index (κ3) is 5.99. The molecule has 1 aromatic heterocycles. The molecule has 1 aliphatic carbocycles. The van der Waals surface area contributed by atoms with E-state index in [9.17, 15) is 14.4 Å². The van der Waals surface area contributed by atoms with Crippen molar-refractivity contribution in [3.05, 3.63) is 21.9 Å². The Hall–Kier alpha value is -2.09. The van der Waals surface area contributed by atoms with Gasteiger partial charge in [-0.05, 0) is 49.1 Å². The number of urea groups is 1. The summed E-state index contributed by atoms with van der Waals surface area (Å²) in [5.41, 5.74) is 1.25. The van der Waals surface area contributed by atoms with Crippen LogP contribution in [0.5, 0.6) is 0 Å². The van der Waals surface area contributed by atoms with Crippen LogP contribution in [0.2, 0.25) is 0 Å². The van der Waals surface area contributed by atoms with E-state index < -0.39 is 0 Å². The SMILES string of the molecule is O=C(NC1CCCCC1)NC1CCN(C(=O)CCC(=O)N2CCc3sccc3C2)CC1. The minimum Gasteiger partial charge on any atom is -0.343 e. The summed E-state index contributed by atoms with van der Waals surface area (Å²) in [5, 5.41) is 8.26. The number of hydrogen-bond acceptors (Lipinski definition) is 4. The number of carbonyl (C=O) groups excluding carboxylic acids is 3. The zero-order chi connectivity index (χ0) is 21.6. The summed E-state index contributed by atoms with van der Waals surface area (Å²) in [5.74, 6) is 0.118. The Kier molecular flexibility index (Phi) is 7.48. The topological polar surface area (TPSA) is 81.8 Å². The van der Waals surface area contributed by atoms with Crippen molar-refractivity contribution < 1.29 is 14.4 Å². The molecule has 4 rings (SSSR count). The zero-order valence-corrected chi connectivity index (χ0v) is 19.1. The van der Waals surface area contributed by atoms with Crippen LogP contribution in [-0.2, 0) is 22.6 Å². The van der Waals surface area contributed by atoms with E-state index in [1.165, 1.54) is 29.7 Å². The van der Waals surface area contributed by atoms with Crippen molar-refractivity contribution in [2.24, 2.45) is 0 Å². The standard InChI is InChI=1S/C23H34N4O3S/c28-21(6-7-22(29)27-14-10-20-17(16-27)11-15-31-20)26-12-8-19(9-13-26)25-23(30)24-18-4-2-1-3-5-18/h11,15,18-19H,1-10,12-14,16H2,(H2,24,25,30). The maximum atomic E-state index is 12.6. The molecule has 2 N–H and O–H groups in total. The number of nitrogens with zero attached hydrogens (tertiary/aromatic N) is 2. The molecule has 2 fully saturated rings. The fraction of sp³-hybridized carbons (Fsp3) is 0.696. The van der Waals surface area contributed by atoms with Gasteiger partial charge in [-0.1, -0.05) is 19.3 Å². The molecule has 3 heterocycles. The van der Waals surface area contributed by atoms with Gasteiger partial charge in [-0.2, -0.15) is 0 Å². The molecule has 2 aliphatic heterocycles. The fourth-order valence-electron chi connectivity index (χ4n) is 4.92. The van der Waals surface area contributed by atoms with Crippen molar-refractivity contribution >= 4 is 29.2 Å². The number of piperidine rings is 1. The number of amides is 4. The van der Waals surface area contributed by atoms with E-state index in [-0.39, 0.29) is 36.7 Å². The largest absolute Gasteiger partial charge is 0.343 e. The van der Waals surface area contributed by atoms with Crippen molar-refractivity contribution in [3.63, 3.8) is 0 Å². The molecule has 3 aliphatic rings. The van der Waals surface area contributed by atoms with Crippen LogP contribution in [0, 0.1) is 0 Å². The molecule has 0 radical (unpaired) electrons. The molecule has 8 heteroatoms. The lowest BCUT2D eigenvalue weighted by atomic mass is 9.96. The van der Waals surface area contributed by atoms with Gasteiger partial charge in [0.05, 0.1) is 0 Å². The summed E-state index contributed by atoms with van der Waals surface area (Å²) in [7, 11) is 0. The lowest BCUT2D eigenvalue weighted by molar-refractivity contribution is -0.138. The van der Waals surface area contributed by atoms with Crippen LogP contribution in [0.1, 0.15) is 68.2 Å². The van der Waals surface area contributed by atoms with E-state index in [0.717, 1.165) is 38.6 Å². The quantitative estimate of drug-likeness (QED) is 0.729. The zero-order valence-electron chi connectivity index (χ0n) is 18.2. The first-order chi connectivity index (χ1) is 15.1. The molecule has 1 aromatic rings. The minimum atomic E-state index is -0.0717. The Morgan fingerprint density at radius 1 is 0.871 bits per heavy atom. The van der Waals surface area contributed by atoms with E-state index in [0.29, 0.717) is 25.7 Å². The van der Waals surface area contributed by atoms with Gasteiger partial charge in [0.15, 0.2) is 0 Å². The van der Waals surface area contributed by atoms with E-state index in [2.05, 4.69) is 22.1 Å². The van der Waals surface area contributed by atoms with Crippen LogP contribution in [0.4, 0.5) is 4.79 Å². The molecule has 0 atom stereocenters. The Morgan fingerprint density at radius 3 is 2.23 bits per heavy atom. The van der Waals surface area contributed by atoms with Gasteiger partial charge in [0.1, 0.15) is 0 Å². The molecule has 1 saturated heterocycles. The normalized spacial score (nSPS) is 20.3. The van der Waals surface area contributed by atoms with Crippen molar-refractivity contribution in [1.29, 1.82) is 0 Å². The minimum absolute atomic E-state index is 0.0479. The molecule has 0 aromatic carbocycles. The van der Waals surface area contributed by atoms with Gasteiger partial charge in [0.25, 0.3) is 0 Å². The molecule has 170 valence electrons. The molecule has 7 nitrogen and oxygen atoms in total. The summed E-state index contributed by atoms with van der Waals surface area (Å²) in [6.45, 7) is 2.71. The highest BCUT2D eigenvalue weighted by atomic mass is 32.1. The van der Waals surface area contributed by atoms with E-state index in [1.807, 2.05) is 9.80 Å². The molecule has 0 spiro atoms. The van der Waals surface area contributed by atoms with Crippen LogP contribution in [0.25, 0.3) is 0 Å². The van der Waals surface area contributed by atoms with Gasteiger partial charge in [0, 0.05) is 56.0 Å². The van der Waals surface area contributed by atoms with E-state index in [1.54, 1.807) is 11.3 Å². The monoisotopic (exact) mass is 446 g/mol. The highest BCUT2D eigenvalue weighted by Gasteiger charge is 2.26. The molecular weight excluding hydrogens is 412 g/mol. The first kappa shape index (κ1) is 22.1. The lowest BCUT2D eigenvalue weighted by Crippen LogP contribution is -2.51. The Balaban J connectivity index is 1.13. The van der Waals surface area contributed by atoms with Gasteiger partial charge in [-0.25, -0.2) is 4.79 Å². The average Bonchev–Trinajstić information content (AvgIpc) is 3.26. The Bertz CT molecular complexity index is 782. The summed E-state index contributed by atoms with van der Waals surface area (Å²) in [4.78, 5) is 42.5. The van der Waals surface area contributed by atoms with Crippen molar-refractivity contribution in [2.75, 3.05) is 19.6 Å². The van der Waals surface area contributed by atoms with Crippen molar-refractivity contribution in [1.82, 2.24) is 20.4 Å². The second kappa shape index (κ2) is 10.5. The second-order valence-corrected chi connectivity index (χ2v) is 10.0. The lowest BCUT2D eigenvalue weighted by Gasteiger charge is -2.33. The van der Waals surface area contributed by atoms with Gasteiger partial charge in [-0.15, -0.1) is 11.3 Å². The van der Waals surface area contributed by atoms with Crippen LogP contribution in [0.15, 0.2) is 11.4 Å². The van der Waals surface area contributed by atoms with Crippen LogP contribution in [0.3, 0.4) is 0 Å². The highest BCUT2D eigenvalue weighted by Crippen LogP contribution is 2.24. The second-order valence-electron chi connectivity index (χ2n) is 9.04. The molecular formula is C23H34N4O3S. The Morgan fingerprint density at radius 2 is 1.52 bits per heavy atom. The van der Waals surface area contributed by atoms with E-state index >= 15 is 0 Å². The van der Waals surface area contributed by atoms with Gasteiger partial charge in [-0.3, -0.25) is 9.59 Å². The summed E-state index contributed by atoms with van der Waals surface area (Å²) in [6.07, 6.45) is 8.81. The third-order valence-corrected chi connectivity index (χ3v) is 7.86. The first-order valence-corrected chi connectivity index (χ1v) is 12.6. The van der Waals surface area contributed by atoms with E-state index in [4.69, 9.17) is 0 Å². The third-order valence-electron chi connectivity index (χ3n) is 6.84. The van der Waals surface area contributed by atoms with Crippen LogP contribution in [-0.4, -0.2) is 59.4 Å². The van der Waals surface area contributed by atoms with Gasteiger partial charge >= 0.3 is 6.03 Å². The number of carbonyl (C=O) groups is 3. The highest BCUT2D eigenvalue weighted by molar-refractivity contribution is 7.10. The average molecular weight is 447 g/mol. The van der Waals surface area contributed by atoms with Gasteiger partial charge < -0.3 is 20.4 Å². The predicted molar refractivity (Wildman–Crippen MR) is 121 cm³/mol. The number of rotatable bonds is 5. The predicted octanol–water partition coefficient (Wildman–Crippen LogP) is 3.04. The Labute approximate surface area is 188 Å². The molecule has 1 saturated carbocycles. The number of nitrogens with one attached hydrogen (secondary N) is 2. The molecule has 4 amide bonds. The van der Waals surface area contributed by atoms with Crippen molar-refractivity contribution in [2.45, 2.75) is 82.8 Å². The number of likely N-dealkylation sites (tertiary alicyclic amines) is 1. The van der Waals surface area contributed by atoms with Crippen molar-refractivity contribution in [3.8, 4) is 0 Å². The number of thiophene rings is 1. The molecule has 0 bridgehead atoms. The number of hydrogen-bond donors (Lipinski definition) is 2. The summed E-state index contributed by atoms with van der Waals surface area (Å²) in [6, 6.07) is 2.44. The smallest absolute Gasteiger partial charge is 0.315 e. The van der Waals surface area contributed by atoms with Crippen LogP contribution < -0.4 is 10.6 Å². The van der Waals surface area contributed by atoms with Gasteiger partial charge in [0.2, 0.25) is 11.8 Å². The number of fused-ring (bicyclic) bond motifs is 1. The van der Waals surface area contributed by atoms with Crippen LogP contribution >= 0.6 is 11.3 Å². The maximum Gasteiger partial charge on any atom is 0.315 e. The molecule has 0 unspecified atom stereocenters. The summed E-state index contributed by atoms with van der Waals surface area (Å²) >= 11 is 1.76. The first-order valence-electron chi connectivity index (χ1n) is 11.8. The fourth-order valence-corrected chi connectivity index (χ4v) is 5.81.